The van der Waals surface area contributed by atoms with Crippen molar-refractivity contribution >= 4 is 56.0 Å². The minimum absolute atomic E-state index is 0.157. The molecule has 15 heavy (non-hydrogen) atoms. The molecule has 0 saturated heterocycles. The fraction of sp³-hybridized carbons (Fsp3) is 0.333. The highest BCUT2D eigenvalue weighted by Crippen LogP contribution is 2.28. The Labute approximate surface area is 114 Å². The molecule has 0 aromatic heterocycles. The summed E-state index contributed by atoms with van der Waals surface area (Å²) in [6.07, 6.45) is 1.09. The average Bonchev–Trinajstić information content (AvgIpc) is 2.20. The summed E-state index contributed by atoms with van der Waals surface area (Å²) in [4.78, 5) is 11.3. The smallest absolute Gasteiger partial charge is 0.258 e. The zero-order valence-corrected chi connectivity index (χ0v) is 12.3. The Hall–Kier alpha value is 0.180. The largest absolute Gasteiger partial charge is 0.270 e. The molecule has 0 saturated carbocycles. The molecular formula is C9H9BrINO2S. The lowest BCUT2D eigenvalue weighted by Gasteiger charge is -2.02. The van der Waals surface area contributed by atoms with Gasteiger partial charge in [0.25, 0.3) is 5.69 Å². The van der Waals surface area contributed by atoms with Gasteiger partial charge in [0.2, 0.25) is 0 Å². The maximum absolute atomic E-state index is 10.5. The van der Waals surface area contributed by atoms with E-state index in [0.29, 0.717) is 0 Å². The summed E-state index contributed by atoms with van der Waals surface area (Å²) in [5, 5.41) is 11.5. The Morgan fingerprint density at radius 2 is 2.27 bits per heavy atom. The predicted molar refractivity (Wildman–Crippen MR) is 74.9 cm³/mol. The Kier molecular flexibility index (Phi) is 5.91. The fourth-order valence-electron chi connectivity index (χ4n) is 0.957. The van der Waals surface area contributed by atoms with Gasteiger partial charge in [-0.3, -0.25) is 10.1 Å². The second-order valence-corrected chi connectivity index (χ2v) is 5.85. The lowest BCUT2D eigenvalue weighted by Crippen LogP contribution is -1.90. The van der Waals surface area contributed by atoms with E-state index in [-0.39, 0.29) is 10.6 Å². The van der Waals surface area contributed by atoms with Crippen LogP contribution in [0.15, 0.2) is 23.1 Å². The Bertz CT molecular complexity index is 362. The van der Waals surface area contributed by atoms with Crippen molar-refractivity contribution < 1.29 is 4.92 Å². The second-order valence-electron chi connectivity index (χ2n) is 2.76. The summed E-state index contributed by atoms with van der Waals surface area (Å²) in [5.41, 5.74) is 0.157. The van der Waals surface area contributed by atoms with E-state index in [9.17, 15) is 10.1 Å². The van der Waals surface area contributed by atoms with Gasteiger partial charge in [0.15, 0.2) is 0 Å². The first-order chi connectivity index (χ1) is 7.15. The molecule has 0 aliphatic heterocycles. The summed E-state index contributed by atoms with van der Waals surface area (Å²) in [5.74, 6) is 1.03. The number of rotatable bonds is 5. The first-order valence-corrected chi connectivity index (χ1v) is 7.46. The molecule has 1 aromatic rings. The number of halogens is 2. The van der Waals surface area contributed by atoms with Gasteiger partial charge in [-0.05, 0) is 40.8 Å². The van der Waals surface area contributed by atoms with Crippen molar-refractivity contribution in [2.45, 2.75) is 11.3 Å². The molecule has 0 N–H and O–H groups in total. The third-order valence-electron chi connectivity index (χ3n) is 1.66. The van der Waals surface area contributed by atoms with Crippen molar-refractivity contribution in [3.8, 4) is 0 Å². The first kappa shape index (κ1) is 13.2. The van der Waals surface area contributed by atoms with E-state index in [1.54, 1.807) is 23.9 Å². The molecule has 0 atom stereocenters. The summed E-state index contributed by atoms with van der Waals surface area (Å²) in [6.45, 7) is 0. The number of nitro groups is 1. The molecule has 0 radical (unpaired) electrons. The van der Waals surface area contributed by atoms with E-state index in [1.165, 1.54) is 0 Å². The van der Waals surface area contributed by atoms with Crippen LogP contribution in [-0.4, -0.2) is 16.0 Å². The molecule has 6 heteroatoms. The molecule has 0 aliphatic carbocycles. The van der Waals surface area contributed by atoms with Gasteiger partial charge in [-0.15, -0.1) is 11.8 Å². The SMILES string of the molecule is O=[N+]([O-])c1ccc(SCCCBr)c(I)c1. The number of non-ortho nitro benzene ring substituents is 1. The van der Waals surface area contributed by atoms with Crippen molar-refractivity contribution in [3.63, 3.8) is 0 Å². The normalized spacial score (nSPS) is 10.3. The minimum atomic E-state index is -0.366. The molecular weight excluding hydrogens is 393 g/mol. The summed E-state index contributed by atoms with van der Waals surface area (Å²) >= 11 is 7.23. The lowest BCUT2D eigenvalue weighted by atomic mass is 10.3. The van der Waals surface area contributed by atoms with E-state index >= 15 is 0 Å². The average molecular weight is 402 g/mol. The van der Waals surface area contributed by atoms with Crippen molar-refractivity contribution in [1.82, 2.24) is 0 Å². The molecule has 0 unspecified atom stereocenters. The Balaban J connectivity index is 2.70. The number of benzene rings is 1. The second kappa shape index (κ2) is 6.70. The van der Waals surface area contributed by atoms with Crippen molar-refractivity contribution in [3.05, 3.63) is 31.9 Å². The highest BCUT2D eigenvalue weighted by Gasteiger charge is 2.08. The van der Waals surface area contributed by atoms with E-state index in [2.05, 4.69) is 38.5 Å². The van der Waals surface area contributed by atoms with Gasteiger partial charge in [0.05, 0.1) is 4.92 Å². The number of nitrogens with zero attached hydrogens (tertiary/aromatic N) is 1. The van der Waals surface area contributed by atoms with E-state index in [4.69, 9.17) is 0 Å². The van der Waals surface area contributed by atoms with Crippen molar-refractivity contribution in [1.29, 1.82) is 0 Å². The summed E-state index contributed by atoms with van der Waals surface area (Å²) in [6, 6.07) is 4.98. The van der Waals surface area contributed by atoms with Gasteiger partial charge < -0.3 is 0 Å². The summed E-state index contributed by atoms with van der Waals surface area (Å²) < 4.78 is 0.946. The van der Waals surface area contributed by atoms with Crippen LogP contribution >= 0.6 is 50.3 Å². The molecule has 0 spiro atoms. The molecule has 0 aliphatic rings. The summed E-state index contributed by atoms with van der Waals surface area (Å²) in [7, 11) is 0. The molecule has 1 rings (SSSR count). The minimum Gasteiger partial charge on any atom is -0.258 e. The van der Waals surface area contributed by atoms with Gasteiger partial charge in [0.1, 0.15) is 0 Å². The Morgan fingerprint density at radius 3 is 2.80 bits per heavy atom. The number of thioether (sulfide) groups is 1. The van der Waals surface area contributed by atoms with Crippen LogP contribution in [-0.2, 0) is 0 Å². The van der Waals surface area contributed by atoms with E-state index < -0.39 is 0 Å². The third-order valence-corrected chi connectivity index (χ3v) is 4.64. The van der Waals surface area contributed by atoms with Crippen LogP contribution in [0.2, 0.25) is 0 Å². The number of alkyl halides is 1. The predicted octanol–water partition coefficient (Wildman–Crippen LogP) is 4.08. The maximum Gasteiger partial charge on any atom is 0.270 e. The first-order valence-electron chi connectivity index (χ1n) is 4.28. The number of nitro benzene ring substituents is 1. The topological polar surface area (TPSA) is 43.1 Å². The third kappa shape index (κ3) is 4.28. The van der Waals surface area contributed by atoms with Crippen molar-refractivity contribution in [2.24, 2.45) is 0 Å². The number of hydrogen-bond donors (Lipinski definition) is 0. The molecule has 0 bridgehead atoms. The zero-order chi connectivity index (χ0) is 11.3. The zero-order valence-electron chi connectivity index (χ0n) is 7.78. The van der Waals surface area contributed by atoms with Gasteiger partial charge >= 0.3 is 0 Å². The molecule has 1 aromatic carbocycles. The molecule has 3 nitrogen and oxygen atoms in total. The standard InChI is InChI=1S/C9H9BrINO2S/c10-4-1-5-15-9-3-2-7(12(13)14)6-8(9)11/h2-3,6H,1,4-5H2. The highest BCUT2D eigenvalue weighted by atomic mass is 127. The molecule has 0 amide bonds. The maximum atomic E-state index is 10.5. The van der Waals surface area contributed by atoms with Gasteiger partial charge in [0, 0.05) is 25.9 Å². The van der Waals surface area contributed by atoms with Gasteiger partial charge in [-0.2, -0.15) is 0 Å². The van der Waals surface area contributed by atoms with Crippen molar-refractivity contribution in [2.75, 3.05) is 11.1 Å². The van der Waals surface area contributed by atoms with Crippen LogP contribution in [0.4, 0.5) is 5.69 Å². The van der Waals surface area contributed by atoms with Crippen LogP contribution in [0.5, 0.6) is 0 Å². The monoisotopic (exact) mass is 401 g/mol. The highest BCUT2D eigenvalue weighted by molar-refractivity contribution is 14.1. The van der Waals surface area contributed by atoms with Gasteiger partial charge in [-0.1, -0.05) is 15.9 Å². The van der Waals surface area contributed by atoms with Crippen LogP contribution in [0.25, 0.3) is 0 Å². The molecule has 0 fully saturated rings. The van der Waals surface area contributed by atoms with Crippen LogP contribution in [0.1, 0.15) is 6.42 Å². The van der Waals surface area contributed by atoms with Crippen LogP contribution < -0.4 is 0 Å². The van der Waals surface area contributed by atoms with E-state index in [0.717, 1.165) is 26.0 Å². The Morgan fingerprint density at radius 1 is 1.53 bits per heavy atom. The van der Waals surface area contributed by atoms with Gasteiger partial charge in [-0.25, -0.2) is 0 Å². The molecule has 82 valence electrons. The van der Waals surface area contributed by atoms with Crippen LogP contribution in [0.3, 0.4) is 0 Å². The van der Waals surface area contributed by atoms with Crippen LogP contribution in [0, 0.1) is 13.7 Å². The number of hydrogen-bond acceptors (Lipinski definition) is 3. The fourth-order valence-corrected chi connectivity index (χ4v) is 3.44. The van der Waals surface area contributed by atoms with E-state index in [1.807, 2.05) is 6.07 Å². The molecule has 0 heterocycles. The lowest BCUT2D eigenvalue weighted by molar-refractivity contribution is -0.385. The quantitative estimate of drug-likeness (QED) is 0.186.